The van der Waals surface area contributed by atoms with Gasteiger partial charge < -0.3 is 4.74 Å². The molecule has 2 rings (SSSR count). The first-order valence-corrected chi connectivity index (χ1v) is 9.46. The molecule has 0 amide bonds. The lowest BCUT2D eigenvalue weighted by Gasteiger charge is -2.23. The number of sulfonamides is 1. The normalized spacial score (nSPS) is 11.3. The van der Waals surface area contributed by atoms with E-state index in [9.17, 15) is 13.2 Å². The van der Waals surface area contributed by atoms with Crippen LogP contribution in [0.1, 0.15) is 18.1 Å². The molecule has 0 spiro atoms. The van der Waals surface area contributed by atoms with Crippen LogP contribution in [0.25, 0.3) is 0 Å². The molecule has 1 aromatic heterocycles. The van der Waals surface area contributed by atoms with Gasteiger partial charge >= 0.3 is 5.97 Å². The lowest BCUT2D eigenvalue weighted by molar-refractivity contribution is -0.141. The third-order valence-corrected chi connectivity index (χ3v) is 6.26. The number of esters is 1. The van der Waals surface area contributed by atoms with Gasteiger partial charge in [0.25, 0.3) is 10.0 Å². The molecule has 1 heterocycles. The van der Waals surface area contributed by atoms with Crippen molar-refractivity contribution < 1.29 is 17.9 Å². The molecule has 23 heavy (non-hydrogen) atoms. The number of hydrogen-bond donors (Lipinski definition) is 0. The molecule has 0 atom stereocenters. The van der Waals surface area contributed by atoms with E-state index in [2.05, 4.69) is 0 Å². The minimum absolute atomic E-state index is 0.195. The first kappa shape index (κ1) is 17.5. The highest BCUT2D eigenvalue weighted by atomic mass is 32.2. The molecule has 0 fully saturated rings. The van der Waals surface area contributed by atoms with Crippen LogP contribution in [-0.2, 0) is 19.6 Å². The Morgan fingerprint density at radius 3 is 2.39 bits per heavy atom. The van der Waals surface area contributed by atoms with E-state index in [0.717, 1.165) is 26.8 Å². The molecule has 0 aliphatic rings. The molecule has 5 nitrogen and oxygen atoms in total. The molecule has 0 aliphatic carbocycles. The van der Waals surface area contributed by atoms with Gasteiger partial charge in [-0.3, -0.25) is 9.10 Å². The maximum atomic E-state index is 12.9. The minimum Gasteiger partial charge on any atom is -0.465 e. The number of hydrogen-bond acceptors (Lipinski definition) is 5. The number of ether oxygens (including phenoxy) is 1. The lowest BCUT2D eigenvalue weighted by atomic mass is 10.1. The van der Waals surface area contributed by atoms with Crippen LogP contribution in [0.15, 0.2) is 39.9 Å². The molecule has 0 saturated carbocycles. The Kier molecular flexibility index (Phi) is 5.43. The predicted molar refractivity (Wildman–Crippen MR) is 91.4 cm³/mol. The van der Waals surface area contributed by atoms with E-state index in [1.165, 1.54) is 6.07 Å². The summed E-state index contributed by atoms with van der Waals surface area (Å²) >= 11 is 1.12. The quantitative estimate of drug-likeness (QED) is 0.749. The van der Waals surface area contributed by atoms with Crippen molar-refractivity contribution in [2.75, 3.05) is 17.5 Å². The zero-order valence-electron chi connectivity index (χ0n) is 13.3. The van der Waals surface area contributed by atoms with Crippen molar-refractivity contribution in [1.29, 1.82) is 0 Å². The maximum Gasteiger partial charge on any atom is 0.326 e. The Bertz CT molecular complexity index is 762. The van der Waals surface area contributed by atoms with Crippen LogP contribution in [0.2, 0.25) is 0 Å². The summed E-state index contributed by atoms with van der Waals surface area (Å²) < 4.78 is 32.0. The molecule has 1 aromatic carbocycles. The summed E-state index contributed by atoms with van der Waals surface area (Å²) in [5.41, 5.74) is 2.31. The molecular weight excluding hydrogens is 334 g/mol. The Morgan fingerprint density at radius 1 is 1.22 bits per heavy atom. The van der Waals surface area contributed by atoms with Gasteiger partial charge in [-0.05, 0) is 55.5 Å². The highest BCUT2D eigenvalue weighted by Gasteiger charge is 2.28. The summed E-state index contributed by atoms with van der Waals surface area (Å²) in [7, 11) is -3.81. The van der Waals surface area contributed by atoms with Crippen molar-refractivity contribution in [3.05, 3.63) is 46.8 Å². The van der Waals surface area contributed by atoms with Crippen LogP contribution in [-0.4, -0.2) is 27.5 Å². The van der Waals surface area contributed by atoms with Crippen LogP contribution in [0.3, 0.4) is 0 Å². The van der Waals surface area contributed by atoms with E-state index in [0.29, 0.717) is 5.69 Å². The summed E-state index contributed by atoms with van der Waals surface area (Å²) in [4.78, 5) is 11.9. The SMILES string of the molecule is CCOC(=O)CN(c1cc(C)cc(C)c1)S(=O)(=O)c1cccs1. The molecule has 0 radical (unpaired) electrons. The predicted octanol–water partition coefficient (Wildman–Crippen LogP) is 3.12. The van der Waals surface area contributed by atoms with E-state index < -0.39 is 16.0 Å². The molecule has 2 aromatic rings. The number of rotatable bonds is 6. The Hall–Kier alpha value is -1.86. The maximum absolute atomic E-state index is 12.9. The van der Waals surface area contributed by atoms with Crippen molar-refractivity contribution in [3.8, 4) is 0 Å². The van der Waals surface area contributed by atoms with E-state index in [4.69, 9.17) is 4.74 Å². The topological polar surface area (TPSA) is 63.7 Å². The second-order valence-corrected chi connectivity index (χ2v) is 8.13. The number of nitrogens with zero attached hydrogens (tertiary/aromatic N) is 1. The smallest absolute Gasteiger partial charge is 0.326 e. The number of carbonyl (C=O) groups excluding carboxylic acids is 1. The molecule has 0 saturated heterocycles. The first-order chi connectivity index (χ1) is 10.8. The van der Waals surface area contributed by atoms with E-state index in [1.807, 2.05) is 19.9 Å². The number of carbonyl (C=O) groups is 1. The van der Waals surface area contributed by atoms with E-state index >= 15 is 0 Å². The van der Waals surface area contributed by atoms with Gasteiger partial charge in [-0.2, -0.15) is 0 Å². The van der Waals surface area contributed by atoms with Gasteiger partial charge in [0.1, 0.15) is 10.8 Å². The van der Waals surface area contributed by atoms with Gasteiger partial charge in [0.2, 0.25) is 0 Å². The third kappa shape index (κ3) is 4.11. The molecule has 0 bridgehead atoms. The summed E-state index contributed by atoms with van der Waals surface area (Å²) in [5, 5.41) is 1.69. The fraction of sp³-hybridized carbons (Fsp3) is 0.312. The zero-order chi connectivity index (χ0) is 17.0. The second kappa shape index (κ2) is 7.14. The summed E-state index contributed by atoms with van der Waals surface area (Å²) in [6, 6.07) is 8.64. The van der Waals surface area contributed by atoms with Crippen LogP contribution in [0, 0.1) is 13.8 Å². The Morgan fingerprint density at radius 2 is 1.87 bits per heavy atom. The molecule has 0 unspecified atom stereocenters. The molecule has 0 aliphatic heterocycles. The van der Waals surface area contributed by atoms with E-state index in [-0.39, 0.29) is 17.4 Å². The van der Waals surface area contributed by atoms with E-state index in [1.54, 1.807) is 30.5 Å². The summed E-state index contributed by atoms with van der Waals surface area (Å²) in [6.45, 7) is 5.32. The van der Waals surface area contributed by atoms with Gasteiger partial charge in [-0.15, -0.1) is 11.3 Å². The van der Waals surface area contributed by atoms with Crippen molar-refractivity contribution in [2.45, 2.75) is 25.0 Å². The number of thiophene rings is 1. The van der Waals surface area contributed by atoms with Crippen LogP contribution < -0.4 is 4.31 Å². The minimum atomic E-state index is -3.81. The molecule has 0 N–H and O–H groups in total. The third-order valence-electron chi connectivity index (χ3n) is 3.11. The standard InChI is InChI=1S/C16H19NO4S2/c1-4-21-15(18)11-17(14-9-12(2)8-13(3)10-14)23(19,20)16-6-5-7-22-16/h5-10H,4,11H2,1-3H3. The zero-order valence-corrected chi connectivity index (χ0v) is 14.9. The summed E-state index contributed by atoms with van der Waals surface area (Å²) in [6.07, 6.45) is 0. The number of benzene rings is 1. The molecule has 7 heteroatoms. The molecule has 124 valence electrons. The van der Waals surface area contributed by atoms with Crippen molar-refractivity contribution in [3.63, 3.8) is 0 Å². The van der Waals surface area contributed by atoms with Crippen molar-refractivity contribution in [1.82, 2.24) is 0 Å². The first-order valence-electron chi connectivity index (χ1n) is 7.14. The average molecular weight is 353 g/mol. The Balaban J connectivity index is 2.49. The fourth-order valence-electron chi connectivity index (χ4n) is 2.25. The second-order valence-electron chi connectivity index (χ2n) is 5.09. The van der Waals surface area contributed by atoms with Gasteiger partial charge in [0, 0.05) is 0 Å². The monoisotopic (exact) mass is 353 g/mol. The van der Waals surface area contributed by atoms with Crippen LogP contribution in [0.4, 0.5) is 5.69 Å². The van der Waals surface area contributed by atoms with Gasteiger partial charge in [-0.1, -0.05) is 12.1 Å². The highest BCUT2D eigenvalue weighted by Crippen LogP contribution is 2.28. The van der Waals surface area contributed by atoms with Crippen LogP contribution >= 0.6 is 11.3 Å². The fourth-order valence-corrected chi connectivity index (χ4v) is 4.75. The van der Waals surface area contributed by atoms with Crippen molar-refractivity contribution in [2.24, 2.45) is 0 Å². The highest BCUT2D eigenvalue weighted by molar-refractivity contribution is 7.94. The molecular formula is C16H19NO4S2. The average Bonchev–Trinajstić information content (AvgIpc) is 2.98. The van der Waals surface area contributed by atoms with Gasteiger partial charge in [0.15, 0.2) is 0 Å². The van der Waals surface area contributed by atoms with Gasteiger partial charge in [-0.25, -0.2) is 8.42 Å². The van der Waals surface area contributed by atoms with Crippen molar-refractivity contribution >= 4 is 33.0 Å². The Labute approximate surface area is 140 Å². The van der Waals surface area contributed by atoms with Crippen LogP contribution in [0.5, 0.6) is 0 Å². The lowest BCUT2D eigenvalue weighted by Crippen LogP contribution is -2.36. The summed E-state index contributed by atoms with van der Waals surface area (Å²) in [5.74, 6) is -0.577. The number of anilines is 1. The largest absolute Gasteiger partial charge is 0.465 e. The number of aryl methyl sites for hydroxylation is 2. The van der Waals surface area contributed by atoms with Gasteiger partial charge in [0.05, 0.1) is 12.3 Å².